The highest BCUT2D eigenvalue weighted by Gasteiger charge is 2.45. The molecular formula is C12H21F3N2O2. The van der Waals surface area contributed by atoms with Crippen molar-refractivity contribution in [2.45, 2.75) is 39.0 Å². The SMILES string of the molecule is CC(C)(C)OC(=O)NC[C@H]1CCNC[C@H]1C(F)(F)F. The Morgan fingerprint density at radius 1 is 1.37 bits per heavy atom. The molecule has 0 saturated carbocycles. The van der Waals surface area contributed by atoms with Gasteiger partial charge in [-0.05, 0) is 39.7 Å². The first-order valence-electron chi connectivity index (χ1n) is 6.34. The lowest BCUT2D eigenvalue weighted by Crippen LogP contribution is -2.48. The van der Waals surface area contributed by atoms with Gasteiger partial charge in [-0.25, -0.2) is 4.79 Å². The van der Waals surface area contributed by atoms with Crippen LogP contribution < -0.4 is 10.6 Å². The zero-order chi connectivity index (χ0) is 14.7. The number of hydrogen-bond acceptors (Lipinski definition) is 3. The maximum atomic E-state index is 12.8. The van der Waals surface area contributed by atoms with E-state index in [1.165, 1.54) is 0 Å². The molecule has 19 heavy (non-hydrogen) atoms. The molecule has 0 aromatic heterocycles. The van der Waals surface area contributed by atoms with Gasteiger partial charge in [-0.3, -0.25) is 0 Å². The van der Waals surface area contributed by atoms with E-state index in [-0.39, 0.29) is 13.1 Å². The second-order valence-electron chi connectivity index (χ2n) is 5.78. The minimum Gasteiger partial charge on any atom is -0.444 e. The lowest BCUT2D eigenvalue weighted by atomic mass is 9.86. The monoisotopic (exact) mass is 282 g/mol. The van der Waals surface area contributed by atoms with E-state index < -0.39 is 29.7 Å². The van der Waals surface area contributed by atoms with Gasteiger partial charge < -0.3 is 15.4 Å². The minimum absolute atomic E-state index is 0.0131. The molecule has 1 fully saturated rings. The smallest absolute Gasteiger partial charge is 0.407 e. The molecule has 0 aromatic carbocycles. The molecule has 2 atom stereocenters. The summed E-state index contributed by atoms with van der Waals surface area (Å²) in [5.74, 6) is -2.02. The summed E-state index contributed by atoms with van der Waals surface area (Å²) >= 11 is 0. The lowest BCUT2D eigenvalue weighted by Gasteiger charge is -2.33. The van der Waals surface area contributed by atoms with Crippen molar-refractivity contribution in [1.29, 1.82) is 0 Å². The molecule has 0 unspecified atom stereocenters. The van der Waals surface area contributed by atoms with E-state index >= 15 is 0 Å². The molecule has 112 valence electrons. The first-order valence-corrected chi connectivity index (χ1v) is 6.34. The Bertz CT molecular complexity index is 313. The molecule has 1 aliphatic heterocycles. The lowest BCUT2D eigenvalue weighted by molar-refractivity contribution is -0.191. The first kappa shape index (κ1) is 16.1. The van der Waals surface area contributed by atoms with Crippen molar-refractivity contribution in [2.75, 3.05) is 19.6 Å². The molecule has 0 radical (unpaired) electrons. The summed E-state index contributed by atoms with van der Waals surface area (Å²) in [5.41, 5.74) is -0.651. The van der Waals surface area contributed by atoms with Crippen molar-refractivity contribution in [3.05, 3.63) is 0 Å². The van der Waals surface area contributed by atoms with Crippen LogP contribution in [0.2, 0.25) is 0 Å². The third kappa shape index (κ3) is 5.67. The van der Waals surface area contributed by atoms with Gasteiger partial charge in [0.05, 0.1) is 5.92 Å². The highest BCUT2D eigenvalue weighted by atomic mass is 19.4. The molecule has 7 heteroatoms. The summed E-state index contributed by atoms with van der Waals surface area (Å²) in [6.07, 6.45) is -4.53. The number of carbonyl (C=O) groups excluding carboxylic acids is 1. The molecule has 4 nitrogen and oxygen atoms in total. The topological polar surface area (TPSA) is 50.4 Å². The van der Waals surface area contributed by atoms with E-state index in [4.69, 9.17) is 4.74 Å². The van der Waals surface area contributed by atoms with Gasteiger partial charge in [-0.15, -0.1) is 0 Å². The molecule has 1 rings (SSSR count). The zero-order valence-electron chi connectivity index (χ0n) is 11.4. The van der Waals surface area contributed by atoms with Crippen molar-refractivity contribution < 1.29 is 22.7 Å². The van der Waals surface area contributed by atoms with Gasteiger partial charge in [0.1, 0.15) is 5.60 Å². The highest BCUT2D eigenvalue weighted by Crippen LogP contribution is 2.34. The first-order chi connectivity index (χ1) is 8.59. The Kier molecular flexibility index (Phi) is 5.06. The predicted molar refractivity (Wildman–Crippen MR) is 64.8 cm³/mol. The van der Waals surface area contributed by atoms with Gasteiger partial charge >= 0.3 is 12.3 Å². The van der Waals surface area contributed by atoms with Crippen LogP contribution in [-0.4, -0.2) is 37.5 Å². The van der Waals surface area contributed by atoms with E-state index in [0.717, 1.165) is 0 Å². The number of halogens is 3. The average Bonchev–Trinajstić information content (AvgIpc) is 2.23. The van der Waals surface area contributed by atoms with Gasteiger partial charge in [-0.1, -0.05) is 0 Å². The Morgan fingerprint density at radius 3 is 2.53 bits per heavy atom. The number of alkyl halides is 3. The second-order valence-corrected chi connectivity index (χ2v) is 5.78. The van der Waals surface area contributed by atoms with Gasteiger partial charge in [0.15, 0.2) is 0 Å². The Labute approximate surface area is 111 Å². The van der Waals surface area contributed by atoms with Crippen LogP contribution in [-0.2, 0) is 4.74 Å². The van der Waals surface area contributed by atoms with Crippen molar-refractivity contribution in [3.8, 4) is 0 Å². The molecule has 0 bridgehead atoms. The minimum atomic E-state index is -4.24. The Hall–Kier alpha value is -0.980. The molecule has 1 aliphatic rings. The Morgan fingerprint density at radius 2 is 2.00 bits per heavy atom. The number of amides is 1. The third-order valence-electron chi connectivity index (χ3n) is 2.95. The van der Waals surface area contributed by atoms with Crippen molar-refractivity contribution in [3.63, 3.8) is 0 Å². The third-order valence-corrected chi connectivity index (χ3v) is 2.95. The number of alkyl carbamates (subject to hydrolysis) is 1. The van der Waals surface area contributed by atoms with E-state index in [0.29, 0.717) is 13.0 Å². The molecule has 0 aromatic rings. The van der Waals surface area contributed by atoms with Crippen molar-refractivity contribution in [1.82, 2.24) is 10.6 Å². The fraction of sp³-hybridized carbons (Fsp3) is 0.917. The summed E-state index contributed by atoms with van der Waals surface area (Å²) in [4.78, 5) is 11.4. The van der Waals surface area contributed by atoms with Gasteiger partial charge in [0.2, 0.25) is 0 Å². The fourth-order valence-electron chi connectivity index (χ4n) is 2.07. The highest BCUT2D eigenvalue weighted by molar-refractivity contribution is 5.67. The van der Waals surface area contributed by atoms with Crippen LogP contribution in [0.3, 0.4) is 0 Å². The van der Waals surface area contributed by atoms with Gasteiger partial charge in [-0.2, -0.15) is 13.2 Å². The van der Waals surface area contributed by atoms with Crippen LogP contribution in [0.5, 0.6) is 0 Å². The number of nitrogens with one attached hydrogen (secondary N) is 2. The maximum Gasteiger partial charge on any atom is 0.407 e. The standard InChI is InChI=1S/C12H21F3N2O2/c1-11(2,3)19-10(18)17-6-8-4-5-16-7-9(8)12(13,14)15/h8-9,16H,4-7H2,1-3H3,(H,17,18)/t8-,9-/m1/s1. The van der Waals surface area contributed by atoms with Crippen LogP contribution in [0.15, 0.2) is 0 Å². The summed E-state index contributed by atoms with van der Waals surface area (Å²) in [7, 11) is 0. The normalized spacial score (nSPS) is 24.9. The number of ether oxygens (including phenoxy) is 1. The molecule has 2 N–H and O–H groups in total. The number of hydrogen-bond donors (Lipinski definition) is 2. The van der Waals surface area contributed by atoms with E-state index in [2.05, 4.69) is 10.6 Å². The van der Waals surface area contributed by atoms with E-state index in [1.807, 2.05) is 0 Å². The predicted octanol–water partition coefficient (Wildman–Crippen LogP) is 2.30. The summed E-state index contributed by atoms with van der Waals surface area (Å²) in [6.45, 7) is 5.54. The fourth-order valence-corrected chi connectivity index (χ4v) is 2.07. The van der Waals surface area contributed by atoms with Crippen molar-refractivity contribution >= 4 is 6.09 Å². The van der Waals surface area contributed by atoms with E-state index in [9.17, 15) is 18.0 Å². The molecule has 1 heterocycles. The van der Waals surface area contributed by atoms with Crippen LogP contribution in [0.4, 0.5) is 18.0 Å². The maximum absolute atomic E-state index is 12.8. The number of piperidine rings is 1. The quantitative estimate of drug-likeness (QED) is 0.817. The summed E-state index contributed by atoms with van der Waals surface area (Å²) in [6, 6.07) is 0. The Balaban J connectivity index is 2.48. The van der Waals surface area contributed by atoms with Crippen molar-refractivity contribution in [2.24, 2.45) is 11.8 Å². The largest absolute Gasteiger partial charge is 0.444 e. The van der Waals surface area contributed by atoms with E-state index in [1.54, 1.807) is 20.8 Å². The number of rotatable bonds is 2. The molecule has 1 saturated heterocycles. The molecular weight excluding hydrogens is 261 g/mol. The van der Waals surface area contributed by atoms with Crippen LogP contribution in [0.1, 0.15) is 27.2 Å². The van der Waals surface area contributed by atoms with Crippen LogP contribution in [0, 0.1) is 11.8 Å². The van der Waals surface area contributed by atoms with Gasteiger partial charge in [0.25, 0.3) is 0 Å². The van der Waals surface area contributed by atoms with Gasteiger partial charge in [0, 0.05) is 13.1 Å². The number of carbonyl (C=O) groups is 1. The van der Waals surface area contributed by atoms with Crippen LogP contribution in [0.25, 0.3) is 0 Å². The molecule has 1 amide bonds. The average molecular weight is 282 g/mol. The second kappa shape index (κ2) is 5.98. The molecule has 0 spiro atoms. The summed E-state index contributed by atoms with van der Waals surface area (Å²) in [5, 5.41) is 5.16. The van der Waals surface area contributed by atoms with Crippen LogP contribution >= 0.6 is 0 Å². The molecule has 0 aliphatic carbocycles. The zero-order valence-corrected chi connectivity index (χ0v) is 11.4. The summed E-state index contributed by atoms with van der Waals surface area (Å²) < 4.78 is 43.4.